The third kappa shape index (κ3) is 2.25. The maximum atomic E-state index is 11.5. The van der Waals surface area contributed by atoms with Crippen molar-refractivity contribution in [2.45, 2.75) is 25.4 Å². The van der Waals surface area contributed by atoms with Crippen LogP contribution in [-0.4, -0.2) is 17.6 Å². The smallest absolute Gasteiger partial charge is 0.223 e. The first-order chi connectivity index (χ1) is 7.59. The van der Waals surface area contributed by atoms with Crippen LogP contribution in [-0.2, 0) is 10.4 Å². The van der Waals surface area contributed by atoms with Gasteiger partial charge in [-0.25, -0.2) is 0 Å². The molecule has 0 aromatic heterocycles. The van der Waals surface area contributed by atoms with E-state index in [-0.39, 0.29) is 11.8 Å². The molecule has 1 saturated heterocycles. The van der Waals surface area contributed by atoms with Crippen molar-refractivity contribution >= 4 is 5.91 Å². The minimum absolute atomic E-state index is 0.0600. The Bertz CT molecular complexity index is 373. The van der Waals surface area contributed by atoms with E-state index in [4.69, 9.17) is 0 Å². The highest BCUT2D eigenvalue weighted by molar-refractivity contribution is 5.80. The predicted molar refractivity (Wildman–Crippen MR) is 61.7 cm³/mol. The van der Waals surface area contributed by atoms with Gasteiger partial charge in [-0.05, 0) is 25.3 Å². The van der Waals surface area contributed by atoms with Crippen molar-refractivity contribution in [3.8, 4) is 0 Å². The van der Waals surface area contributed by atoms with Gasteiger partial charge >= 0.3 is 0 Å². The zero-order valence-corrected chi connectivity index (χ0v) is 9.44. The van der Waals surface area contributed by atoms with Gasteiger partial charge in [-0.3, -0.25) is 4.79 Å². The number of carbonyl (C=O) groups is 1. The quantitative estimate of drug-likeness (QED) is 0.807. The van der Waals surface area contributed by atoms with Crippen molar-refractivity contribution < 1.29 is 9.90 Å². The fourth-order valence-corrected chi connectivity index (χ4v) is 2.23. The summed E-state index contributed by atoms with van der Waals surface area (Å²) in [5, 5.41) is 13.2. The van der Waals surface area contributed by atoms with Crippen LogP contribution in [0.2, 0.25) is 0 Å². The Morgan fingerprint density at radius 1 is 1.44 bits per heavy atom. The Morgan fingerprint density at radius 2 is 2.12 bits per heavy atom. The van der Waals surface area contributed by atoms with E-state index in [1.165, 1.54) is 0 Å². The van der Waals surface area contributed by atoms with Crippen LogP contribution >= 0.6 is 0 Å². The van der Waals surface area contributed by atoms with Crippen LogP contribution in [0.4, 0.5) is 0 Å². The number of amides is 1. The summed E-state index contributed by atoms with van der Waals surface area (Å²) in [6.07, 6.45) is 1.31. The van der Waals surface area contributed by atoms with Gasteiger partial charge in [0.15, 0.2) is 0 Å². The summed E-state index contributed by atoms with van der Waals surface area (Å²) in [7, 11) is 0. The van der Waals surface area contributed by atoms with Crippen LogP contribution in [0.3, 0.4) is 0 Å². The monoisotopic (exact) mass is 219 g/mol. The van der Waals surface area contributed by atoms with Gasteiger partial charge in [0.05, 0.1) is 5.60 Å². The molecule has 2 atom stereocenters. The molecule has 1 fully saturated rings. The van der Waals surface area contributed by atoms with Crippen LogP contribution in [0.5, 0.6) is 0 Å². The summed E-state index contributed by atoms with van der Waals surface area (Å²) in [5.74, 6) is 0.00594. The molecule has 86 valence electrons. The molecule has 1 aliphatic heterocycles. The number of hydrogen-bond acceptors (Lipinski definition) is 2. The maximum Gasteiger partial charge on any atom is 0.223 e. The fourth-order valence-electron chi connectivity index (χ4n) is 2.23. The van der Waals surface area contributed by atoms with E-state index in [9.17, 15) is 9.90 Å². The van der Waals surface area contributed by atoms with Crippen molar-refractivity contribution in [2.75, 3.05) is 6.54 Å². The van der Waals surface area contributed by atoms with E-state index in [0.29, 0.717) is 6.42 Å². The second-order valence-corrected chi connectivity index (χ2v) is 4.62. The number of nitrogens with one attached hydrogen (secondary N) is 1. The van der Waals surface area contributed by atoms with E-state index in [0.717, 1.165) is 18.5 Å². The zero-order valence-electron chi connectivity index (χ0n) is 9.44. The Balaban J connectivity index is 2.11. The summed E-state index contributed by atoms with van der Waals surface area (Å²) in [5.41, 5.74) is -0.0529. The van der Waals surface area contributed by atoms with Crippen LogP contribution in [0.1, 0.15) is 25.3 Å². The molecule has 2 rings (SSSR count). The van der Waals surface area contributed by atoms with Gasteiger partial charge in [0.25, 0.3) is 0 Å². The molecule has 1 aliphatic rings. The van der Waals surface area contributed by atoms with Crippen molar-refractivity contribution in [3.05, 3.63) is 35.9 Å². The summed E-state index contributed by atoms with van der Waals surface area (Å²) < 4.78 is 0. The number of carbonyl (C=O) groups excluding carboxylic acids is 1. The molecule has 0 bridgehead atoms. The molecule has 1 amide bonds. The highest BCUT2D eigenvalue weighted by Gasteiger charge is 2.33. The Hall–Kier alpha value is -1.35. The second-order valence-electron chi connectivity index (χ2n) is 4.62. The molecule has 1 heterocycles. The molecule has 0 aliphatic carbocycles. The van der Waals surface area contributed by atoms with E-state index in [1.54, 1.807) is 6.92 Å². The number of rotatable bonds is 3. The number of aliphatic hydroxyl groups is 1. The summed E-state index contributed by atoms with van der Waals surface area (Å²) in [6.45, 7) is 2.50. The van der Waals surface area contributed by atoms with Gasteiger partial charge in [-0.2, -0.15) is 0 Å². The van der Waals surface area contributed by atoms with Gasteiger partial charge in [0, 0.05) is 12.5 Å². The van der Waals surface area contributed by atoms with Crippen molar-refractivity contribution in [1.82, 2.24) is 5.32 Å². The standard InChI is InChI=1S/C13H17NO2/c1-13(16,11-5-3-2-4-6-11)9-10-7-8-14-12(10)15/h2-6,10,16H,7-9H2,1H3,(H,14,15). The molecule has 1 aromatic rings. The lowest BCUT2D eigenvalue weighted by molar-refractivity contribution is -0.124. The molecular weight excluding hydrogens is 202 g/mol. The lowest BCUT2D eigenvalue weighted by Crippen LogP contribution is -2.28. The Labute approximate surface area is 95.5 Å². The average molecular weight is 219 g/mol. The molecule has 2 N–H and O–H groups in total. The van der Waals surface area contributed by atoms with Gasteiger partial charge in [-0.15, -0.1) is 0 Å². The van der Waals surface area contributed by atoms with E-state index >= 15 is 0 Å². The number of hydrogen-bond donors (Lipinski definition) is 2. The van der Waals surface area contributed by atoms with Crippen LogP contribution in [0.15, 0.2) is 30.3 Å². The maximum absolute atomic E-state index is 11.5. The van der Waals surface area contributed by atoms with Crippen LogP contribution in [0, 0.1) is 5.92 Å². The van der Waals surface area contributed by atoms with Gasteiger partial charge < -0.3 is 10.4 Å². The Morgan fingerprint density at radius 3 is 2.69 bits per heavy atom. The highest BCUT2D eigenvalue weighted by Crippen LogP contribution is 2.30. The van der Waals surface area contributed by atoms with Gasteiger partial charge in [0.2, 0.25) is 5.91 Å². The summed E-state index contributed by atoms with van der Waals surface area (Å²) in [4.78, 5) is 11.5. The molecule has 3 heteroatoms. The summed E-state index contributed by atoms with van der Waals surface area (Å²) in [6, 6.07) is 9.51. The molecule has 0 radical (unpaired) electrons. The van der Waals surface area contributed by atoms with E-state index in [2.05, 4.69) is 5.32 Å². The largest absolute Gasteiger partial charge is 0.385 e. The molecule has 1 aromatic carbocycles. The number of benzene rings is 1. The van der Waals surface area contributed by atoms with Crippen molar-refractivity contribution in [2.24, 2.45) is 5.92 Å². The van der Waals surface area contributed by atoms with Crippen LogP contribution in [0.25, 0.3) is 0 Å². The molecule has 16 heavy (non-hydrogen) atoms. The highest BCUT2D eigenvalue weighted by atomic mass is 16.3. The Kier molecular flexibility index (Phi) is 2.97. The van der Waals surface area contributed by atoms with Crippen molar-refractivity contribution in [3.63, 3.8) is 0 Å². The third-order valence-electron chi connectivity index (χ3n) is 3.20. The average Bonchev–Trinajstić information content (AvgIpc) is 2.65. The second kappa shape index (κ2) is 4.26. The lowest BCUT2D eigenvalue weighted by atomic mass is 9.85. The predicted octanol–water partition coefficient (Wildman–Crippen LogP) is 1.42. The lowest BCUT2D eigenvalue weighted by Gasteiger charge is -2.26. The fraction of sp³-hybridized carbons (Fsp3) is 0.462. The molecule has 3 nitrogen and oxygen atoms in total. The third-order valence-corrected chi connectivity index (χ3v) is 3.20. The SMILES string of the molecule is CC(O)(CC1CCNC1=O)c1ccccc1. The first-order valence-electron chi connectivity index (χ1n) is 5.65. The first kappa shape index (κ1) is 11.1. The molecular formula is C13H17NO2. The zero-order chi connectivity index (χ0) is 11.6. The normalized spacial score (nSPS) is 23.9. The minimum atomic E-state index is -0.923. The van der Waals surface area contributed by atoms with E-state index < -0.39 is 5.60 Å². The molecule has 0 saturated carbocycles. The van der Waals surface area contributed by atoms with Crippen LogP contribution < -0.4 is 5.32 Å². The minimum Gasteiger partial charge on any atom is -0.385 e. The topological polar surface area (TPSA) is 49.3 Å². The van der Waals surface area contributed by atoms with Gasteiger partial charge in [0.1, 0.15) is 0 Å². The van der Waals surface area contributed by atoms with E-state index in [1.807, 2.05) is 30.3 Å². The van der Waals surface area contributed by atoms with Crippen molar-refractivity contribution in [1.29, 1.82) is 0 Å². The molecule has 2 unspecified atom stereocenters. The summed E-state index contributed by atoms with van der Waals surface area (Å²) >= 11 is 0. The molecule has 0 spiro atoms. The van der Waals surface area contributed by atoms with Gasteiger partial charge in [-0.1, -0.05) is 30.3 Å². The first-order valence-corrected chi connectivity index (χ1v) is 5.65.